The molecule has 0 radical (unpaired) electrons. The lowest BCUT2D eigenvalue weighted by Gasteiger charge is -2.05. The van der Waals surface area contributed by atoms with Crippen LogP contribution in [0, 0.1) is 0 Å². The molecule has 9 heteroatoms. The van der Waals surface area contributed by atoms with E-state index in [1.54, 1.807) is 0 Å². The second-order valence-corrected chi connectivity index (χ2v) is 2.74. The Morgan fingerprint density at radius 1 is 1.20 bits per heavy atom. The monoisotopic (exact) mass is 233 g/mol. The summed E-state index contributed by atoms with van der Waals surface area (Å²) in [6.07, 6.45) is -8.99. The van der Waals surface area contributed by atoms with E-state index in [1.165, 1.54) is 0 Å². The highest BCUT2D eigenvalue weighted by atomic mass is 19.4. The molecule has 1 aromatic heterocycles. The third-order valence-electron chi connectivity index (χ3n) is 1.40. The molecule has 0 fully saturated rings. The molecule has 0 atom stereocenters. The second kappa shape index (κ2) is 3.31. The van der Waals surface area contributed by atoms with E-state index in [9.17, 15) is 26.3 Å². The highest BCUT2D eigenvalue weighted by Crippen LogP contribution is 2.32. The SMILES string of the molecule is Nc1cn(CC(F)(F)F)nc1C(F)(F)F. The Bertz CT molecular complexity index is 349. The molecule has 0 aliphatic heterocycles. The van der Waals surface area contributed by atoms with Gasteiger partial charge in [-0.3, -0.25) is 4.68 Å². The van der Waals surface area contributed by atoms with Crippen molar-refractivity contribution in [2.24, 2.45) is 0 Å². The zero-order valence-corrected chi connectivity index (χ0v) is 7.02. The van der Waals surface area contributed by atoms with Gasteiger partial charge < -0.3 is 5.73 Å². The zero-order valence-electron chi connectivity index (χ0n) is 7.02. The van der Waals surface area contributed by atoms with Crippen LogP contribution in [0.15, 0.2) is 6.20 Å². The molecule has 0 amide bonds. The van der Waals surface area contributed by atoms with Crippen molar-refractivity contribution >= 4 is 5.69 Å². The lowest BCUT2D eigenvalue weighted by Crippen LogP contribution is -2.18. The van der Waals surface area contributed by atoms with Crippen molar-refractivity contribution < 1.29 is 26.3 Å². The van der Waals surface area contributed by atoms with Crippen molar-refractivity contribution in [3.05, 3.63) is 11.9 Å². The Morgan fingerprint density at radius 3 is 2.07 bits per heavy atom. The van der Waals surface area contributed by atoms with Gasteiger partial charge in [0.15, 0.2) is 5.69 Å². The first-order valence-corrected chi connectivity index (χ1v) is 3.56. The van der Waals surface area contributed by atoms with Gasteiger partial charge in [0.05, 0.1) is 5.69 Å². The lowest BCUT2D eigenvalue weighted by molar-refractivity contribution is -0.148. The van der Waals surface area contributed by atoms with Crippen LogP contribution in [-0.2, 0) is 12.7 Å². The number of nitrogens with zero attached hydrogens (tertiary/aromatic N) is 2. The summed E-state index contributed by atoms with van der Waals surface area (Å²) in [5.41, 5.74) is 2.54. The van der Waals surface area contributed by atoms with E-state index in [2.05, 4.69) is 5.10 Å². The van der Waals surface area contributed by atoms with Crippen LogP contribution in [0.3, 0.4) is 0 Å². The van der Waals surface area contributed by atoms with Crippen LogP contribution >= 0.6 is 0 Å². The van der Waals surface area contributed by atoms with E-state index >= 15 is 0 Å². The maximum Gasteiger partial charge on any atom is 0.437 e. The summed E-state index contributed by atoms with van der Waals surface area (Å²) in [6, 6.07) is 0. The van der Waals surface area contributed by atoms with Crippen molar-refractivity contribution in [3.63, 3.8) is 0 Å². The standard InChI is InChI=1S/C6H5F6N3/c7-5(8,9)2-15-1-3(13)4(14-15)6(10,11)12/h1H,2,13H2. The van der Waals surface area contributed by atoms with Gasteiger partial charge >= 0.3 is 12.4 Å². The minimum absolute atomic E-state index is 0.109. The fourth-order valence-corrected chi connectivity index (χ4v) is 0.922. The Labute approximate surface area is 79.5 Å². The number of alkyl halides is 6. The molecule has 0 unspecified atom stereocenters. The number of nitrogens with two attached hydrogens (primary N) is 1. The third-order valence-corrected chi connectivity index (χ3v) is 1.40. The Kier molecular flexibility index (Phi) is 2.58. The van der Waals surface area contributed by atoms with Crippen molar-refractivity contribution in [2.75, 3.05) is 5.73 Å². The van der Waals surface area contributed by atoms with E-state index < -0.39 is 30.3 Å². The minimum Gasteiger partial charge on any atom is -0.396 e. The van der Waals surface area contributed by atoms with E-state index in [0.29, 0.717) is 6.20 Å². The number of hydrogen-bond donors (Lipinski definition) is 1. The van der Waals surface area contributed by atoms with Gasteiger partial charge in [-0.2, -0.15) is 31.4 Å². The average molecular weight is 233 g/mol. The van der Waals surface area contributed by atoms with Crippen molar-refractivity contribution in [1.82, 2.24) is 9.78 Å². The van der Waals surface area contributed by atoms with E-state index in [1.807, 2.05) is 0 Å². The van der Waals surface area contributed by atoms with Gasteiger partial charge in [-0.15, -0.1) is 0 Å². The first kappa shape index (κ1) is 11.7. The normalized spacial score (nSPS) is 13.2. The summed E-state index contributed by atoms with van der Waals surface area (Å²) in [6.45, 7) is -1.60. The molecule has 1 heterocycles. The summed E-state index contributed by atoms with van der Waals surface area (Å²) in [5.74, 6) is 0. The molecule has 0 spiro atoms. The third kappa shape index (κ3) is 3.03. The van der Waals surface area contributed by atoms with Gasteiger partial charge in [-0.05, 0) is 0 Å². The summed E-state index contributed by atoms with van der Waals surface area (Å²) in [7, 11) is 0. The molecule has 0 saturated carbocycles. The van der Waals surface area contributed by atoms with Gasteiger partial charge in [0.25, 0.3) is 0 Å². The summed E-state index contributed by atoms with van der Waals surface area (Å²) < 4.78 is 71.7. The molecule has 0 bridgehead atoms. The summed E-state index contributed by atoms with van der Waals surface area (Å²) in [5, 5.41) is 2.71. The molecule has 3 nitrogen and oxygen atoms in total. The molecule has 1 rings (SSSR count). The van der Waals surface area contributed by atoms with Crippen molar-refractivity contribution in [2.45, 2.75) is 18.9 Å². The van der Waals surface area contributed by atoms with Gasteiger partial charge in [0.2, 0.25) is 0 Å². The number of aromatic nitrogens is 2. The largest absolute Gasteiger partial charge is 0.437 e. The first-order chi connectivity index (χ1) is 6.59. The number of hydrogen-bond acceptors (Lipinski definition) is 2. The molecular formula is C6H5F6N3. The zero-order chi connectivity index (χ0) is 11.9. The second-order valence-electron chi connectivity index (χ2n) is 2.74. The Hall–Kier alpha value is -1.41. The van der Waals surface area contributed by atoms with Crippen LogP contribution in [-0.4, -0.2) is 16.0 Å². The van der Waals surface area contributed by atoms with Gasteiger partial charge in [-0.25, -0.2) is 0 Å². The highest BCUT2D eigenvalue weighted by Gasteiger charge is 2.38. The Balaban J connectivity index is 2.97. The number of nitrogen functional groups attached to an aromatic ring is 1. The molecule has 0 saturated heterocycles. The smallest absolute Gasteiger partial charge is 0.396 e. The molecule has 0 aliphatic rings. The molecule has 15 heavy (non-hydrogen) atoms. The lowest BCUT2D eigenvalue weighted by atomic mass is 10.4. The predicted octanol–water partition coefficient (Wildman–Crippen LogP) is 2.05. The van der Waals surface area contributed by atoms with E-state index in [-0.39, 0.29) is 4.68 Å². The van der Waals surface area contributed by atoms with Crippen LogP contribution < -0.4 is 5.73 Å². The average Bonchev–Trinajstić information content (AvgIpc) is 2.25. The molecule has 2 N–H and O–H groups in total. The molecule has 1 aromatic rings. The van der Waals surface area contributed by atoms with E-state index in [0.717, 1.165) is 0 Å². The van der Waals surface area contributed by atoms with Crippen molar-refractivity contribution in [3.8, 4) is 0 Å². The molecule has 86 valence electrons. The van der Waals surface area contributed by atoms with Crippen LogP contribution in [0.2, 0.25) is 0 Å². The van der Waals surface area contributed by atoms with Gasteiger partial charge in [0, 0.05) is 6.20 Å². The van der Waals surface area contributed by atoms with E-state index in [4.69, 9.17) is 5.73 Å². The quantitative estimate of drug-likeness (QED) is 0.754. The number of halogens is 6. The summed E-state index contributed by atoms with van der Waals surface area (Å²) in [4.78, 5) is 0. The Morgan fingerprint density at radius 2 is 1.73 bits per heavy atom. The topological polar surface area (TPSA) is 43.8 Å². The van der Waals surface area contributed by atoms with Gasteiger partial charge in [-0.1, -0.05) is 0 Å². The molecular weight excluding hydrogens is 228 g/mol. The highest BCUT2D eigenvalue weighted by molar-refractivity contribution is 5.42. The van der Waals surface area contributed by atoms with Gasteiger partial charge in [0.1, 0.15) is 6.54 Å². The minimum atomic E-state index is -4.85. The van der Waals surface area contributed by atoms with Crippen LogP contribution in [0.25, 0.3) is 0 Å². The molecule has 0 aliphatic carbocycles. The number of anilines is 1. The maximum absolute atomic E-state index is 12.1. The number of rotatable bonds is 1. The first-order valence-electron chi connectivity index (χ1n) is 3.56. The van der Waals surface area contributed by atoms with Crippen LogP contribution in [0.4, 0.5) is 32.0 Å². The van der Waals surface area contributed by atoms with Crippen molar-refractivity contribution in [1.29, 1.82) is 0 Å². The summed E-state index contributed by atoms with van der Waals surface area (Å²) >= 11 is 0. The van der Waals surface area contributed by atoms with Crippen LogP contribution in [0.1, 0.15) is 5.69 Å². The van der Waals surface area contributed by atoms with Crippen LogP contribution in [0.5, 0.6) is 0 Å². The molecule has 0 aromatic carbocycles. The fourth-order valence-electron chi connectivity index (χ4n) is 0.922. The predicted molar refractivity (Wildman–Crippen MR) is 37.7 cm³/mol. The fraction of sp³-hybridized carbons (Fsp3) is 0.500. The maximum atomic E-state index is 12.1.